The number of pyridine rings is 1. The molecule has 1 aliphatic heterocycles. The molecule has 3 rings (SSSR count). The van der Waals surface area contributed by atoms with Crippen molar-refractivity contribution < 1.29 is 4.42 Å². The number of fused-ring (bicyclic) bond motifs is 3. The zero-order chi connectivity index (χ0) is 12.0. The highest BCUT2D eigenvalue weighted by molar-refractivity contribution is 6.31. The molecule has 0 saturated carbocycles. The van der Waals surface area contributed by atoms with Crippen molar-refractivity contribution in [2.45, 2.75) is 32.9 Å². The molecular formula is C13H17BN2O. The maximum Gasteiger partial charge on any atom is 0.225 e. The van der Waals surface area contributed by atoms with Crippen LogP contribution in [0.5, 0.6) is 0 Å². The van der Waals surface area contributed by atoms with E-state index >= 15 is 0 Å². The van der Waals surface area contributed by atoms with Gasteiger partial charge in [0, 0.05) is 36.5 Å². The Labute approximate surface area is 102 Å². The Bertz CT molecular complexity index is 562. The Balaban J connectivity index is 2.09. The minimum absolute atomic E-state index is 0.589. The molecule has 0 atom stereocenters. The van der Waals surface area contributed by atoms with Gasteiger partial charge in [-0.2, -0.15) is 0 Å². The Hall–Kier alpha value is -1.29. The van der Waals surface area contributed by atoms with Gasteiger partial charge in [0.15, 0.2) is 7.85 Å². The minimum atomic E-state index is 0.589. The van der Waals surface area contributed by atoms with E-state index in [4.69, 9.17) is 4.42 Å². The molecule has 0 spiro atoms. The summed E-state index contributed by atoms with van der Waals surface area (Å²) in [6.07, 6.45) is 1.00. The van der Waals surface area contributed by atoms with Crippen molar-refractivity contribution in [3.63, 3.8) is 0 Å². The van der Waals surface area contributed by atoms with Crippen LogP contribution in [0.25, 0.3) is 11.1 Å². The molecule has 0 aliphatic carbocycles. The third kappa shape index (κ3) is 1.76. The standard InChI is InChI=1S/C13H17BN2O/c1-8(2)16-6-5-11-10(7-16)9-3-4-12(14)15-13(9)17-11/h3-4,8H,5-7,14H2,1-2H3. The van der Waals surface area contributed by atoms with Crippen LogP contribution in [-0.2, 0) is 13.0 Å². The molecule has 0 radical (unpaired) electrons. The van der Waals surface area contributed by atoms with Gasteiger partial charge in [0.05, 0.1) is 0 Å². The average Bonchev–Trinajstić information content (AvgIpc) is 2.64. The van der Waals surface area contributed by atoms with E-state index in [1.807, 2.05) is 7.85 Å². The summed E-state index contributed by atoms with van der Waals surface area (Å²) < 4.78 is 5.86. The molecule has 3 nitrogen and oxygen atoms in total. The van der Waals surface area contributed by atoms with Crippen LogP contribution in [0.3, 0.4) is 0 Å². The first-order valence-electron chi connectivity index (χ1n) is 6.27. The Kier molecular flexibility index (Phi) is 2.47. The first-order chi connectivity index (χ1) is 8.15. The van der Waals surface area contributed by atoms with Gasteiger partial charge in [0.1, 0.15) is 5.76 Å². The van der Waals surface area contributed by atoms with E-state index in [1.165, 1.54) is 10.9 Å². The van der Waals surface area contributed by atoms with Gasteiger partial charge < -0.3 is 4.42 Å². The van der Waals surface area contributed by atoms with Crippen molar-refractivity contribution in [1.29, 1.82) is 0 Å². The van der Waals surface area contributed by atoms with Gasteiger partial charge in [-0.1, -0.05) is 0 Å². The summed E-state index contributed by atoms with van der Waals surface area (Å²) in [6, 6.07) is 4.79. The summed E-state index contributed by atoms with van der Waals surface area (Å²) in [4.78, 5) is 6.95. The van der Waals surface area contributed by atoms with Crippen LogP contribution in [0.2, 0.25) is 0 Å². The minimum Gasteiger partial charge on any atom is -0.442 e. The summed E-state index contributed by atoms with van der Waals surface area (Å²) in [5.74, 6) is 1.13. The van der Waals surface area contributed by atoms with Gasteiger partial charge in [0.25, 0.3) is 0 Å². The SMILES string of the molecule is Bc1ccc2c3c(oc2n1)CCN(C(C)C)C3. The van der Waals surface area contributed by atoms with Crippen LogP contribution >= 0.6 is 0 Å². The number of furan rings is 1. The van der Waals surface area contributed by atoms with Crippen molar-refractivity contribution in [2.75, 3.05) is 6.54 Å². The molecule has 0 fully saturated rings. The molecule has 0 bridgehead atoms. The van der Waals surface area contributed by atoms with E-state index in [1.54, 1.807) is 0 Å². The van der Waals surface area contributed by atoms with Crippen molar-refractivity contribution in [3.05, 3.63) is 23.5 Å². The lowest BCUT2D eigenvalue weighted by molar-refractivity contribution is 0.196. The molecule has 2 aromatic rings. The van der Waals surface area contributed by atoms with E-state index < -0.39 is 0 Å². The van der Waals surface area contributed by atoms with Gasteiger partial charge in [-0.15, -0.1) is 0 Å². The fourth-order valence-corrected chi connectivity index (χ4v) is 2.51. The summed E-state index contributed by atoms with van der Waals surface area (Å²) in [7, 11) is 2.00. The van der Waals surface area contributed by atoms with E-state index in [-0.39, 0.29) is 0 Å². The van der Waals surface area contributed by atoms with E-state index in [0.29, 0.717) is 6.04 Å². The van der Waals surface area contributed by atoms with Crippen molar-refractivity contribution in [2.24, 2.45) is 0 Å². The van der Waals surface area contributed by atoms with Crippen molar-refractivity contribution >= 4 is 24.5 Å². The largest absolute Gasteiger partial charge is 0.442 e. The van der Waals surface area contributed by atoms with Crippen LogP contribution in [0.1, 0.15) is 25.2 Å². The molecular weight excluding hydrogens is 211 g/mol. The zero-order valence-electron chi connectivity index (χ0n) is 10.7. The lowest BCUT2D eigenvalue weighted by Gasteiger charge is -2.29. The first kappa shape index (κ1) is 10.8. The van der Waals surface area contributed by atoms with Gasteiger partial charge in [-0.05, 0) is 31.6 Å². The molecule has 0 aromatic carbocycles. The molecule has 0 N–H and O–H groups in total. The molecule has 0 amide bonds. The number of rotatable bonds is 1. The van der Waals surface area contributed by atoms with Gasteiger partial charge in [-0.25, -0.2) is 4.98 Å². The molecule has 88 valence electrons. The van der Waals surface area contributed by atoms with Crippen LogP contribution in [0, 0.1) is 0 Å². The monoisotopic (exact) mass is 228 g/mol. The predicted octanol–water partition coefficient (Wildman–Crippen LogP) is 0.853. The number of aromatic nitrogens is 1. The second-order valence-corrected chi connectivity index (χ2v) is 5.12. The third-order valence-corrected chi connectivity index (χ3v) is 3.60. The van der Waals surface area contributed by atoms with Gasteiger partial charge >= 0.3 is 0 Å². The Morgan fingerprint density at radius 1 is 1.41 bits per heavy atom. The molecule has 17 heavy (non-hydrogen) atoms. The number of nitrogens with zero attached hydrogens (tertiary/aromatic N) is 2. The third-order valence-electron chi connectivity index (χ3n) is 3.60. The van der Waals surface area contributed by atoms with Crippen LogP contribution < -0.4 is 5.59 Å². The second kappa shape index (κ2) is 3.88. The fourth-order valence-electron chi connectivity index (χ4n) is 2.51. The highest BCUT2D eigenvalue weighted by atomic mass is 16.3. The number of hydrogen-bond donors (Lipinski definition) is 0. The molecule has 0 saturated heterocycles. The van der Waals surface area contributed by atoms with Crippen molar-refractivity contribution in [3.8, 4) is 0 Å². The van der Waals surface area contributed by atoms with Crippen LogP contribution in [0.4, 0.5) is 0 Å². The summed E-state index contributed by atoms with van der Waals surface area (Å²) in [5, 5.41) is 1.19. The Morgan fingerprint density at radius 2 is 2.24 bits per heavy atom. The maximum absolute atomic E-state index is 5.86. The summed E-state index contributed by atoms with van der Waals surface area (Å²) in [5.41, 5.74) is 3.16. The summed E-state index contributed by atoms with van der Waals surface area (Å²) >= 11 is 0. The lowest BCUT2D eigenvalue weighted by atomic mass is 10.0. The van der Waals surface area contributed by atoms with Crippen LogP contribution in [-0.4, -0.2) is 30.3 Å². The van der Waals surface area contributed by atoms with Crippen LogP contribution in [0.15, 0.2) is 16.5 Å². The number of hydrogen-bond acceptors (Lipinski definition) is 3. The molecule has 4 heteroatoms. The van der Waals surface area contributed by atoms with Gasteiger partial charge in [-0.3, -0.25) is 4.90 Å². The van der Waals surface area contributed by atoms with Crippen molar-refractivity contribution in [1.82, 2.24) is 9.88 Å². The second-order valence-electron chi connectivity index (χ2n) is 5.12. The quantitative estimate of drug-likeness (QED) is 0.677. The average molecular weight is 228 g/mol. The maximum atomic E-state index is 5.86. The lowest BCUT2D eigenvalue weighted by Crippen LogP contribution is -2.35. The smallest absolute Gasteiger partial charge is 0.225 e. The Morgan fingerprint density at radius 3 is 3.00 bits per heavy atom. The molecule has 2 aromatic heterocycles. The zero-order valence-corrected chi connectivity index (χ0v) is 10.7. The van der Waals surface area contributed by atoms with E-state index in [0.717, 1.165) is 36.6 Å². The highest BCUT2D eigenvalue weighted by Crippen LogP contribution is 2.29. The highest BCUT2D eigenvalue weighted by Gasteiger charge is 2.24. The first-order valence-corrected chi connectivity index (χ1v) is 6.27. The normalized spacial score (nSPS) is 16.6. The molecule has 3 heterocycles. The fraction of sp³-hybridized carbons (Fsp3) is 0.462. The van der Waals surface area contributed by atoms with E-state index in [9.17, 15) is 0 Å². The molecule has 0 unspecified atom stereocenters. The topological polar surface area (TPSA) is 29.3 Å². The van der Waals surface area contributed by atoms with Gasteiger partial charge in [0.2, 0.25) is 5.71 Å². The molecule has 1 aliphatic rings. The predicted molar refractivity (Wildman–Crippen MR) is 71.4 cm³/mol. The van der Waals surface area contributed by atoms with E-state index in [2.05, 4.69) is 35.9 Å². The summed E-state index contributed by atoms with van der Waals surface area (Å²) in [6.45, 7) is 6.57.